The van der Waals surface area contributed by atoms with Crippen molar-refractivity contribution >= 4 is 39.1 Å². The summed E-state index contributed by atoms with van der Waals surface area (Å²) >= 11 is 5.77. The SMILES string of the molecule is CON(C)S(=O)(=O)c1ccc(NC(=O)CCNC(=O)c2ccc(Cl)cc2)cc1. The molecule has 0 radical (unpaired) electrons. The molecule has 0 spiro atoms. The highest BCUT2D eigenvalue weighted by atomic mass is 35.5. The van der Waals surface area contributed by atoms with Gasteiger partial charge in [-0.05, 0) is 48.5 Å². The number of rotatable bonds is 8. The summed E-state index contributed by atoms with van der Waals surface area (Å²) in [5.41, 5.74) is 0.885. The van der Waals surface area contributed by atoms with Gasteiger partial charge in [0.1, 0.15) is 0 Å². The molecule has 2 aromatic rings. The number of anilines is 1. The van der Waals surface area contributed by atoms with Crippen LogP contribution in [-0.2, 0) is 19.7 Å². The van der Waals surface area contributed by atoms with Crippen molar-refractivity contribution in [3.63, 3.8) is 0 Å². The van der Waals surface area contributed by atoms with Crippen LogP contribution in [0, 0.1) is 0 Å². The second kappa shape index (κ2) is 9.65. The fourth-order valence-electron chi connectivity index (χ4n) is 2.17. The molecule has 2 N–H and O–H groups in total. The Labute approximate surface area is 168 Å². The molecule has 0 unspecified atom stereocenters. The Bertz CT molecular complexity index is 931. The van der Waals surface area contributed by atoms with E-state index >= 15 is 0 Å². The predicted octanol–water partition coefficient (Wildman–Crippen LogP) is 2.28. The van der Waals surface area contributed by atoms with Gasteiger partial charge in [0, 0.05) is 36.3 Å². The lowest BCUT2D eigenvalue weighted by molar-refractivity contribution is -0.116. The van der Waals surface area contributed by atoms with Crippen molar-refractivity contribution in [1.82, 2.24) is 9.79 Å². The number of hydrogen-bond donors (Lipinski definition) is 2. The summed E-state index contributed by atoms with van der Waals surface area (Å²) in [6.07, 6.45) is 0.0613. The van der Waals surface area contributed by atoms with Crippen molar-refractivity contribution in [3.8, 4) is 0 Å². The van der Waals surface area contributed by atoms with Crippen LogP contribution in [0.15, 0.2) is 53.4 Å². The van der Waals surface area contributed by atoms with Crippen molar-refractivity contribution in [3.05, 3.63) is 59.1 Å². The van der Waals surface area contributed by atoms with Crippen LogP contribution in [0.3, 0.4) is 0 Å². The molecule has 0 saturated carbocycles. The second-order valence-corrected chi connectivity index (χ2v) is 8.05. The van der Waals surface area contributed by atoms with E-state index < -0.39 is 10.0 Å². The van der Waals surface area contributed by atoms with Crippen molar-refractivity contribution in [2.75, 3.05) is 26.0 Å². The first kappa shape index (κ1) is 21.8. The molecule has 0 fully saturated rings. The van der Waals surface area contributed by atoms with Crippen LogP contribution in [0.5, 0.6) is 0 Å². The van der Waals surface area contributed by atoms with Gasteiger partial charge in [-0.1, -0.05) is 16.1 Å². The number of benzene rings is 2. The molecule has 150 valence electrons. The molecule has 10 heteroatoms. The highest BCUT2D eigenvalue weighted by Crippen LogP contribution is 2.17. The average molecular weight is 426 g/mol. The topological polar surface area (TPSA) is 105 Å². The van der Waals surface area contributed by atoms with E-state index in [9.17, 15) is 18.0 Å². The first-order valence-electron chi connectivity index (χ1n) is 8.21. The Morgan fingerprint density at radius 3 is 2.25 bits per heavy atom. The normalized spacial score (nSPS) is 11.3. The molecule has 0 saturated heterocycles. The minimum Gasteiger partial charge on any atom is -0.352 e. The third kappa shape index (κ3) is 5.77. The van der Waals surface area contributed by atoms with Crippen LogP contribution in [-0.4, -0.2) is 45.4 Å². The molecular formula is C18H20ClN3O5S. The summed E-state index contributed by atoms with van der Waals surface area (Å²) in [6.45, 7) is 0.151. The van der Waals surface area contributed by atoms with E-state index in [-0.39, 0.29) is 29.7 Å². The van der Waals surface area contributed by atoms with E-state index in [1.165, 1.54) is 38.4 Å². The summed E-state index contributed by atoms with van der Waals surface area (Å²) < 4.78 is 24.9. The van der Waals surface area contributed by atoms with Crippen LogP contribution >= 0.6 is 11.6 Å². The fourth-order valence-corrected chi connectivity index (χ4v) is 3.27. The Kier molecular flexibility index (Phi) is 7.53. The van der Waals surface area contributed by atoms with Gasteiger partial charge in [0.05, 0.1) is 12.0 Å². The van der Waals surface area contributed by atoms with Gasteiger partial charge in [-0.25, -0.2) is 8.42 Å². The van der Waals surface area contributed by atoms with E-state index in [1.807, 2.05) is 0 Å². The van der Waals surface area contributed by atoms with Crippen molar-refractivity contribution < 1.29 is 22.8 Å². The zero-order chi connectivity index (χ0) is 20.7. The number of carbonyl (C=O) groups excluding carboxylic acids is 2. The Morgan fingerprint density at radius 2 is 1.68 bits per heavy atom. The first-order chi connectivity index (χ1) is 13.2. The molecule has 28 heavy (non-hydrogen) atoms. The average Bonchev–Trinajstić information content (AvgIpc) is 2.68. The first-order valence-corrected chi connectivity index (χ1v) is 10.0. The lowest BCUT2D eigenvalue weighted by Gasteiger charge is -2.14. The zero-order valence-electron chi connectivity index (χ0n) is 15.3. The van der Waals surface area contributed by atoms with Crippen molar-refractivity contribution in [2.45, 2.75) is 11.3 Å². The number of amides is 2. The van der Waals surface area contributed by atoms with Crippen LogP contribution in [0.1, 0.15) is 16.8 Å². The molecule has 0 aliphatic carbocycles. The number of hydrogen-bond acceptors (Lipinski definition) is 5. The molecule has 0 atom stereocenters. The number of hydroxylamine groups is 1. The third-order valence-corrected chi connectivity index (χ3v) is 5.72. The Hall–Kier alpha value is -2.46. The van der Waals surface area contributed by atoms with E-state index in [0.29, 0.717) is 16.3 Å². The van der Waals surface area contributed by atoms with Gasteiger partial charge in [-0.15, -0.1) is 0 Å². The van der Waals surface area contributed by atoms with Crippen LogP contribution in [0.2, 0.25) is 5.02 Å². The molecular weight excluding hydrogens is 406 g/mol. The molecule has 0 aromatic heterocycles. The summed E-state index contributed by atoms with van der Waals surface area (Å²) in [5.74, 6) is -0.623. The Morgan fingerprint density at radius 1 is 1.07 bits per heavy atom. The molecule has 2 aromatic carbocycles. The van der Waals surface area contributed by atoms with Gasteiger partial charge in [-0.3, -0.25) is 14.4 Å². The summed E-state index contributed by atoms with van der Waals surface area (Å²) in [7, 11) is -1.22. The monoisotopic (exact) mass is 425 g/mol. The molecule has 0 bridgehead atoms. The summed E-state index contributed by atoms with van der Waals surface area (Å²) in [5, 5.41) is 5.81. The van der Waals surface area contributed by atoms with Gasteiger partial charge >= 0.3 is 0 Å². The number of carbonyl (C=O) groups is 2. The molecule has 0 aliphatic rings. The summed E-state index contributed by atoms with van der Waals surface area (Å²) in [4.78, 5) is 28.7. The third-order valence-electron chi connectivity index (χ3n) is 3.78. The lowest BCUT2D eigenvalue weighted by Crippen LogP contribution is -2.27. The Balaban J connectivity index is 1.84. The maximum Gasteiger partial charge on any atom is 0.264 e. The molecule has 8 nitrogen and oxygen atoms in total. The zero-order valence-corrected chi connectivity index (χ0v) is 16.9. The van der Waals surface area contributed by atoms with Crippen molar-refractivity contribution in [2.24, 2.45) is 0 Å². The highest BCUT2D eigenvalue weighted by molar-refractivity contribution is 7.89. The highest BCUT2D eigenvalue weighted by Gasteiger charge is 2.20. The van der Waals surface area contributed by atoms with Crippen LogP contribution in [0.4, 0.5) is 5.69 Å². The van der Waals surface area contributed by atoms with E-state index in [2.05, 4.69) is 10.6 Å². The molecule has 0 aliphatic heterocycles. The quantitative estimate of drug-likeness (QED) is 0.631. The minimum absolute atomic E-state index is 0.0325. The summed E-state index contributed by atoms with van der Waals surface area (Å²) in [6, 6.07) is 12.1. The number of nitrogens with zero attached hydrogens (tertiary/aromatic N) is 1. The van der Waals surface area contributed by atoms with Gasteiger partial charge in [0.2, 0.25) is 5.91 Å². The van der Waals surface area contributed by atoms with E-state index in [0.717, 1.165) is 4.47 Å². The second-order valence-electron chi connectivity index (χ2n) is 5.68. The van der Waals surface area contributed by atoms with Crippen LogP contribution < -0.4 is 10.6 Å². The van der Waals surface area contributed by atoms with Gasteiger partial charge < -0.3 is 10.6 Å². The minimum atomic E-state index is -3.74. The van der Waals surface area contributed by atoms with E-state index in [4.69, 9.17) is 16.4 Å². The molecule has 2 rings (SSSR count). The van der Waals surface area contributed by atoms with Crippen LogP contribution in [0.25, 0.3) is 0 Å². The fraction of sp³-hybridized carbons (Fsp3) is 0.222. The predicted molar refractivity (Wildman–Crippen MR) is 105 cm³/mol. The number of sulfonamides is 1. The van der Waals surface area contributed by atoms with Crippen molar-refractivity contribution in [1.29, 1.82) is 0 Å². The maximum atomic E-state index is 12.1. The molecule has 0 heterocycles. The maximum absolute atomic E-state index is 12.1. The largest absolute Gasteiger partial charge is 0.352 e. The van der Waals surface area contributed by atoms with E-state index in [1.54, 1.807) is 24.3 Å². The lowest BCUT2D eigenvalue weighted by atomic mass is 10.2. The number of nitrogens with one attached hydrogen (secondary N) is 2. The number of halogens is 1. The van der Waals surface area contributed by atoms with Gasteiger partial charge in [0.25, 0.3) is 15.9 Å². The van der Waals surface area contributed by atoms with Gasteiger partial charge in [-0.2, -0.15) is 0 Å². The standard InChI is InChI=1S/C18H20ClN3O5S/c1-22(27-2)28(25,26)16-9-7-15(8-10-16)21-17(23)11-12-20-18(24)13-3-5-14(19)6-4-13/h3-10H,11-12H2,1-2H3,(H,20,24)(H,21,23). The van der Waals surface area contributed by atoms with Gasteiger partial charge in [0.15, 0.2) is 0 Å². The molecule has 2 amide bonds. The smallest absolute Gasteiger partial charge is 0.264 e.